The molecule has 0 aliphatic carbocycles. The lowest BCUT2D eigenvalue weighted by molar-refractivity contribution is -0.131. The first kappa shape index (κ1) is 16.7. The highest BCUT2D eigenvalue weighted by atomic mass is 16.5. The normalized spacial score (nSPS) is 20.5. The monoisotopic (exact) mass is 329 g/mol. The number of nitrogens with one attached hydrogen (secondary N) is 1. The van der Waals surface area contributed by atoms with Crippen molar-refractivity contribution < 1.29 is 14.3 Å². The minimum absolute atomic E-state index is 0.0453. The predicted molar refractivity (Wildman–Crippen MR) is 89.3 cm³/mol. The van der Waals surface area contributed by atoms with Crippen molar-refractivity contribution in [1.82, 2.24) is 14.9 Å². The molecular weight excluding hydrogens is 306 g/mol. The largest absolute Gasteiger partial charge is 0.380 e. The van der Waals surface area contributed by atoms with Crippen LogP contribution in [-0.4, -0.2) is 47.6 Å². The number of H-pyrrole nitrogens is 1. The van der Waals surface area contributed by atoms with Crippen molar-refractivity contribution in [1.29, 1.82) is 0 Å². The zero-order valence-corrected chi connectivity index (χ0v) is 14.1. The van der Waals surface area contributed by atoms with Gasteiger partial charge in [-0.05, 0) is 11.1 Å². The van der Waals surface area contributed by atoms with E-state index in [4.69, 9.17) is 9.47 Å². The van der Waals surface area contributed by atoms with Gasteiger partial charge in [-0.1, -0.05) is 24.3 Å². The number of benzene rings is 1. The molecule has 6 heteroatoms. The number of likely N-dealkylation sites (tertiary alicyclic amines) is 1. The molecular formula is C18H23N3O3. The van der Waals surface area contributed by atoms with Gasteiger partial charge < -0.3 is 19.4 Å². The number of ether oxygens (including phenoxy) is 2. The molecule has 128 valence electrons. The Hall–Kier alpha value is -2.18. The Labute approximate surface area is 141 Å². The third-order valence-electron chi connectivity index (χ3n) is 4.41. The van der Waals surface area contributed by atoms with Gasteiger partial charge in [0.05, 0.1) is 25.2 Å². The predicted octanol–water partition coefficient (Wildman–Crippen LogP) is 2.09. The van der Waals surface area contributed by atoms with E-state index >= 15 is 0 Å². The third kappa shape index (κ3) is 3.66. The SMILES string of the molecule is COCc1cccc(CC(=O)N2C[C@H](OC)C[C@H]2c2ncc[nH]2)c1. The fourth-order valence-corrected chi connectivity index (χ4v) is 3.23. The number of nitrogens with zero attached hydrogens (tertiary/aromatic N) is 2. The fourth-order valence-electron chi connectivity index (χ4n) is 3.23. The van der Waals surface area contributed by atoms with Gasteiger partial charge in [0.25, 0.3) is 0 Å². The van der Waals surface area contributed by atoms with Crippen molar-refractivity contribution in [3.8, 4) is 0 Å². The second-order valence-electron chi connectivity index (χ2n) is 6.06. The fraction of sp³-hybridized carbons (Fsp3) is 0.444. The molecule has 24 heavy (non-hydrogen) atoms. The third-order valence-corrected chi connectivity index (χ3v) is 4.41. The number of carbonyl (C=O) groups excluding carboxylic acids is 1. The average molecular weight is 329 g/mol. The molecule has 2 aromatic rings. The van der Waals surface area contributed by atoms with E-state index in [1.165, 1.54) is 0 Å². The highest BCUT2D eigenvalue weighted by Gasteiger charge is 2.37. The number of hydrogen-bond donors (Lipinski definition) is 1. The Morgan fingerprint density at radius 2 is 2.21 bits per heavy atom. The van der Waals surface area contributed by atoms with Crippen LogP contribution < -0.4 is 0 Å². The van der Waals surface area contributed by atoms with Crippen LogP contribution in [0.3, 0.4) is 0 Å². The van der Waals surface area contributed by atoms with Crippen LogP contribution in [0, 0.1) is 0 Å². The smallest absolute Gasteiger partial charge is 0.227 e. The van der Waals surface area contributed by atoms with E-state index in [0.29, 0.717) is 19.6 Å². The highest BCUT2D eigenvalue weighted by molar-refractivity contribution is 5.79. The number of aromatic nitrogens is 2. The molecule has 1 aromatic heterocycles. The standard InChI is InChI=1S/C18H23N3O3/c1-23-12-14-5-3-4-13(8-14)9-17(22)21-11-15(24-2)10-16(21)18-19-6-7-20-18/h3-8,15-16H,9-12H2,1-2H3,(H,19,20)/t15-,16+/m1/s1. The van der Waals surface area contributed by atoms with Crippen LogP contribution in [0.1, 0.15) is 29.4 Å². The molecule has 0 bridgehead atoms. The van der Waals surface area contributed by atoms with Gasteiger partial charge in [0.15, 0.2) is 0 Å². The van der Waals surface area contributed by atoms with E-state index in [0.717, 1.165) is 23.4 Å². The second-order valence-corrected chi connectivity index (χ2v) is 6.06. The summed E-state index contributed by atoms with van der Waals surface area (Å²) in [5, 5.41) is 0. The summed E-state index contributed by atoms with van der Waals surface area (Å²) in [7, 11) is 3.35. The molecule has 1 amide bonds. The molecule has 1 N–H and O–H groups in total. The molecule has 1 fully saturated rings. The van der Waals surface area contributed by atoms with Crippen molar-refractivity contribution in [3.63, 3.8) is 0 Å². The van der Waals surface area contributed by atoms with Crippen LogP contribution in [0.2, 0.25) is 0 Å². The Morgan fingerprint density at radius 3 is 2.92 bits per heavy atom. The van der Waals surface area contributed by atoms with Crippen LogP contribution in [0.25, 0.3) is 0 Å². The number of amides is 1. The first-order valence-electron chi connectivity index (χ1n) is 8.09. The van der Waals surface area contributed by atoms with Crippen LogP contribution in [-0.2, 0) is 27.3 Å². The van der Waals surface area contributed by atoms with Gasteiger partial charge in [0.1, 0.15) is 5.82 Å². The molecule has 3 rings (SSSR count). The van der Waals surface area contributed by atoms with E-state index in [-0.39, 0.29) is 18.1 Å². The summed E-state index contributed by atoms with van der Waals surface area (Å²) in [6.45, 7) is 1.14. The van der Waals surface area contributed by atoms with Gasteiger partial charge >= 0.3 is 0 Å². The Kier molecular flexibility index (Phi) is 5.27. The van der Waals surface area contributed by atoms with Crippen molar-refractivity contribution in [2.45, 2.75) is 31.6 Å². The lowest BCUT2D eigenvalue weighted by Crippen LogP contribution is -2.33. The van der Waals surface area contributed by atoms with E-state index < -0.39 is 0 Å². The summed E-state index contributed by atoms with van der Waals surface area (Å²) in [6, 6.07) is 7.90. The van der Waals surface area contributed by atoms with Gasteiger partial charge in [-0.2, -0.15) is 0 Å². The highest BCUT2D eigenvalue weighted by Crippen LogP contribution is 2.32. The molecule has 1 aliphatic rings. The molecule has 0 unspecified atom stereocenters. The summed E-state index contributed by atoms with van der Waals surface area (Å²) in [4.78, 5) is 22.2. The lowest BCUT2D eigenvalue weighted by Gasteiger charge is -2.23. The van der Waals surface area contributed by atoms with Crippen molar-refractivity contribution >= 4 is 5.91 Å². The molecule has 0 spiro atoms. The van der Waals surface area contributed by atoms with Crippen molar-refractivity contribution in [3.05, 3.63) is 53.6 Å². The molecule has 0 saturated carbocycles. The Bertz CT molecular complexity index is 672. The number of rotatable bonds is 6. The van der Waals surface area contributed by atoms with E-state index in [9.17, 15) is 4.79 Å². The van der Waals surface area contributed by atoms with Gasteiger partial charge in [0.2, 0.25) is 5.91 Å². The lowest BCUT2D eigenvalue weighted by atomic mass is 10.1. The average Bonchev–Trinajstić information content (AvgIpc) is 3.24. The minimum Gasteiger partial charge on any atom is -0.380 e. The number of carbonyl (C=O) groups is 1. The number of methoxy groups -OCH3 is 2. The number of imidazole rings is 1. The van der Waals surface area contributed by atoms with Gasteiger partial charge in [0, 0.05) is 39.6 Å². The van der Waals surface area contributed by atoms with Crippen LogP contribution in [0.5, 0.6) is 0 Å². The molecule has 2 heterocycles. The quantitative estimate of drug-likeness (QED) is 0.881. The van der Waals surface area contributed by atoms with Crippen LogP contribution in [0.15, 0.2) is 36.7 Å². The topological polar surface area (TPSA) is 67.4 Å². The summed E-state index contributed by atoms with van der Waals surface area (Å²) in [5.74, 6) is 0.904. The first-order chi connectivity index (χ1) is 11.7. The van der Waals surface area contributed by atoms with Crippen molar-refractivity contribution in [2.24, 2.45) is 0 Å². The van der Waals surface area contributed by atoms with E-state index in [2.05, 4.69) is 9.97 Å². The number of hydrogen-bond acceptors (Lipinski definition) is 4. The van der Waals surface area contributed by atoms with Crippen LogP contribution >= 0.6 is 0 Å². The minimum atomic E-state index is -0.0559. The second kappa shape index (κ2) is 7.59. The molecule has 2 atom stereocenters. The first-order valence-corrected chi connectivity index (χ1v) is 8.09. The molecule has 0 radical (unpaired) electrons. The van der Waals surface area contributed by atoms with Crippen LogP contribution in [0.4, 0.5) is 0 Å². The molecule has 6 nitrogen and oxygen atoms in total. The van der Waals surface area contributed by atoms with E-state index in [1.807, 2.05) is 29.2 Å². The number of aromatic amines is 1. The summed E-state index contributed by atoms with van der Waals surface area (Å²) >= 11 is 0. The Balaban J connectivity index is 1.74. The zero-order valence-electron chi connectivity index (χ0n) is 14.1. The zero-order chi connectivity index (χ0) is 16.9. The molecule has 1 aliphatic heterocycles. The van der Waals surface area contributed by atoms with Gasteiger partial charge in [-0.3, -0.25) is 4.79 Å². The molecule has 1 saturated heterocycles. The van der Waals surface area contributed by atoms with E-state index in [1.54, 1.807) is 26.6 Å². The summed E-state index contributed by atoms with van der Waals surface area (Å²) < 4.78 is 10.6. The molecule has 1 aromatic carbocycles. The summed E-state index contributed by atoms with van der Waals surface area (Å²) in [5.41, 5.74) is 2.06. The maximum atomic E-state index is 12.8. The van der Waals surface area contributed by atoms with Gasteiger partial charge in [-0.15, -0.1) is 0 Å². The van der Waals surface area contributed by atoms with Crippen molar-refractivity contribution in [2.75, 3.05) is 20.8 Å². The maximum absolute atomic E-state index is 12.8. The maximum Gasteiger partial charge on any atom is 0.227 e. The summed E-state index contributed by atoms with van der Waals surface area (Å²) in [6.07, 6.45) is 4.67. The Morgan fingerprint density at radius 1 is 1.38 bits per heavy atom. The van der Waals surface area contributed by atoms with Gasteiger partial charge in [-0.25, -0.2) is 4.98 Å².